The highest BCUT2D eigenvalue weighted by molar-refractivity contribution is 5.33. The molecule has 2 N–H and O–H groups in total. The van der Waals surface area contributed by atoms with E-state index in [1.807, 2.05) is 6.07 Å². The summed E-state index contributed by atoms with van der Waals surface area (Å²) < 4.78 is 1.49. The summed E-state index contributed by atoms with van der Waals surface area (Å²) in [6.07, 6.45) is 6.08. The Kier molecular flexibility index (Phi) is 1.84. The van der Waals surface area contributed by atoms with Gasteiger partial charge in [0.2, 0.25) is 11.8 Å². The van der Waals surface area contributed by atoms with Crippen molar-refractivity contribution in [1.29, 1.82) is 5.26 Å². The fourth-order valence-electron chi connectivity index (χ4n) is 1.00. The van der Waals surface area contributed by atoms with Gasteiger partial charge in [-0.3, -0.25) is 4.57 Å². The van der Waals surface area contributed by atoms with Gasteiger partial charge in [0.05, 0.1) is 18.1 Å². The van der Waals surface area contributed by atoms with E-state index in [1.54, 1.807) is 6.20 Å². The van der Waals surface area contributed by atoms with Crippen LogP contribution in [0.3, 0.4) is 0 Å². The molecule has 0 aliphatic heterocycles. The minimum Gasteiger partial charge on any atom is -0.396 e. The molecule has 2 heterocycles. The molecular formula is C8H6N6. The molecule has 0 atom stereocenters. The van der Waals surface area contributed by atoms with Crippen LogP contribution in [0.4, 0.5) is 5.69 Å². The van der Waals surface area contributed by atoms with Crippen LogP contribution in [-0.4, -0.2) is 19.5 Å². The van der Waals surface area contributed by atoms with Crippen LogP contribution in [0.5, 0.6) is 0 Å². The van der Waals surface area contributed by atoms with Crippen molar-refractivity contribution in [2.24, 2.45) is 0 Å². The molecule has 6 heteroatoms. The zero-order valence-corrected chi connectivity index (χ0v) is 7.12. The number of rotatable bonds is 1. The summed E-state index contributed by atoms with van der Waals surface area (Å²) >= 11 is 0. The molecule has 0 bridgehead atoms. The minimum absolute atomic E-state index is 0.245. The highest BCUT2D eigenvalue weighted by atomic mass is 15.2. The van der Waals surface area contributed by atoms with Crippen molar-refractivity contribution in [1.82, 2.24) is 19.5 Å². The van der Waals surface area contributed by atoms with Gasteiger partial charge in [-0.25, -0.2) is 15.0 Å². The van der Waals surface area contributed by atoms with Crippen molar-refractivity contribution in [2.75, 3.05) is 5.73 Å². The van der Waals surface area contributed by atoms with Gasteiger partial charge in [0, 0.05) is 12.4 Å². The van der Waals surface area contributed by atoms with Gasteiger partial charge < -0.3 is 5.73 Å². The topological polar surface area (TPSA) is 93.4 Å². The van der Waals surface area contributed by atoms with Crippen LogP contribution in [0.2, 0.25) is 0 Å². The quantitative estimate of drug-likeness (QED) is 0.682. The van der Waals surface area contributed by atoms with E-state index in [0.29, 0.717) is 11.6 Å². The monoisotopic (exact) mass is 186 g/mol. The van der Waals surface area contributed by atoms with Crippen molar-refractivity contribution < 1.29 is 0 Å². The molecular weight excluding hydrogens is 180 g/mol. The predicted octanol–water partition coefficient (Wildman–Crippen LogP) is 0.116. The Balaban J connectivity index is 2.50. The van der Waals surface area contributed by atoms with E-state index >= 15 is 0 Å². The van der Waals surface area contributed by atoms with E-state index in [9.17, 15) is 0 Å². The minimum atomic E-state index is 0.245. The smallest absolute Gasteiger partial charge is 0.235 e. The number of aromatic nitrogens is 4. The molecule has 0 saturated heterocycles. The average Bonchev–Trinajstić information content (AvgIpc) is 2.67. The molecule has 0 unspecified atom stereocenters. The van der Waals surface area contributed by atoms with Gasteiger partial charge in [-0.15, -0.1) is 0 Å². The van der Waals surface area contributed by atoms with Crippen LogP contribution >= 0.6 is 0 Å². The fraction of sp³-hybridized carbons (Fsp3) is 0. The zero-order valence-electron chi connectivity index (χ0n) is 7.12. The van der Waals surface area contributed by atoms with Crippen LogP contribution in [-0.2, 0) is 0 Å². The largest absolute Gasteiger partial charge is 0.396 e. The molecule has 6 nitrogen and oxygen atoms in total. The molecule has 2 aromatic heterocycles. The second-order valence-electron chi connectivity index (χ2n) is 2.55. The van der Waals surface area contributed by atoms with Gasteiger partial charge in [-0.2, -0.15) is 5.26 Å². The summed E-state index contributed by atoms with van der Waals surface area (Å²) in [4.78, 5) is 11.8. The number of nitriles is 1. The van der Waals surface area contributed by atoms with E-state index in [1.165, 1.54) is 23.2 Å². The first-order valence-electron chi connectivity index (χ1n) is 3.82. The number of nitrogen functional groups attached to an aromatic ring is 1. The fourth-order valence-corrected chi connectivity index (χ4v) is 1.00. The lowest BCUT2D eigenvalue weighted by molar-refractivity contribution is 0.909. The average molecular weight is 186 g/mol. The lowest BCUT2D eigenvalue weighted by atomic mass is 10.5. The molecule has 2 rings (SSSR count). The number of hydrogen-bond acceptors (Lipinski definition) is 5. The van der Waals surface area contributed by atoms with Gasteiger partial charge in [0.25, 0.3) is 0 Å². The number of hydrogen-bond donors (Lipinski definition) is 1. The molecule has 0 aliphatic rings. The summed E-state index contributed by atoms with van der Waals surface area (Å²) in [7, 11) is 0. The van der Waals surface area contributed by atoms with Gasteiger partial charge in [0.1, 0.15) is 6.07 Å². The van der Waals surface area contributed by atoms with Gasteiger partial charge in [-0.1, -0.05) is 0 Å². The molecule has 0 saturated carbocycles. The van der Waals surface area contributed by atoms with E-state index < -0.39 is 0 Å². The summed E-state index contributed by atoms with van der Waals surface area (Å²) in [5.41, 5.74) is 5.91. The zero-order chi connectivity index (χ0) is 9.97. The maximum Gasteiger partial charge on any atom is 0.235 e. The highest BCUT2D eigenvalue weighted by Gasteiger charge is 2.05. The SMILES string of the molecule is N#Cc1nccn1-c1ncc(N)cn1. The molecule has 0 radical (unpaired) electrons. The summed E-state index contributed by atoms with van der Waals surface area (Å²) in [5, 5.41) is 8.71. The molecule has 0 aromatic carbocycles. The number of imidazole rings is 1. The Morgan fingerprint density at radius 2 is 2.00 bits per heavy atom. The Hall–Kier alpha value is -2.42. The Morgan fingerprint density at radius 3 is 2.64 bits per heavy atom. The van der Waals surface area contributed by atoms with Gasteiger partial charge in [0.15, 0.2) is 0 Å². The normalized spacial score (nSPS) is 9.64. The Morgan fingerprint density at radius 1 is 1.29 bits per heavy atom. The highest BCUT2D eigenvalue weighted by Crippen LogP contribution is 2.05. The molecule has 68 valence electrons. The van der Waals surface area contributed by atoms with E-state index in [2.05, 4.69) is 15.0 Å². The number of nitrogens with two attached hydrogens (primary N) is 1. The standard InChI is InChI=1S/C8H6N6/c9-3-7-11-1-2-14(7)8-12-4-6(10)5-13-8/h1-2,4-5H,10H2. The van der Waals surface area contributed by atoms with E-state index in [4.69, 9.17) is 11.0 Å². The third-order valence-electron chi connectivity index (χ3n) is 1.61. The molecule has 0 spiro atoms. The van der Waals surface area contributed by atoms with Crippen LogP contribution in [0.25, 0.3) is 5.95 Å². The lowest BCUT2D eigenvalue weighted by Crippen LogP contribution is -2.02. The van der Waals surface area contributed by atoms with Crippen LogP contribution in [0.15, 0.2) is 24.8 Å². The van der Waals surface area contributed by atoms with E-state index in [-0.39, 0.29) is 5.82 Å². The third kappa shape index (κ3) is 1.27. The van der Waals surface area contributed by atoms with Gasteiger partial charge >= 0.3 is 0 Å². The predicted molar refractivity (Wildman–Crippen MR) is 48.3 cm³/mol. The number of anilines is 1. The van der Waals surface area contributed by atoms with Crippen LogP contribution in [0.1, 0.15) is 5.82 Å². The van der Waals surface area contributed by atoms with Crippen molar-refractivity contribution in [3.8, 4) is 12.0 Å². The molecule has 0 amide bonds. The summed E-state index contributed by atoms with van der Waals surface area (Å²) in [6, 6.07) is 1.93. The lowest BCUT2D eigenvalue weighted by Gasteiger charge is -2.00. The first-order chi connectivity index (χ1) is 6.81. The second-order valence-corrected chi connectivity index (χ2v) is 2.55. The van der Waals surface area contributed by atoms with Crippen molar-refractivity contribution >= 4 is 5.69 Å². The maximum atomic E-state index is 8.71. The summed E-state index contributed by atoms with van der Waals surface area (Å²) in [6.45, 7) is 0. The van der Waals surface area contributed by atoms with E-state index in [0.717, 1.165) is 0 Å². The third-order valence-corrected chi connectivity index (χ3v) is 1.61. The van der Waals surface area contributed by atoms with Crippen molar-refractivity contribution in [2.45, 2.75) is 0 Å². The summed E-state index contributed by atoms with van der Waals surface area (Å²) in [5.74, 6) is 0.628. The first kappa shape index (κ1) is 8.19. The molecule has 14 heavy (non-hydrogen) atoms. The second kappa shape index (κ2) is 3.14. The Labute approximate surface area is 79.7 Å². The van der Waals surface area contributed by atoms with Gasteiger partial charge in [-0.05, 0) is 0 Å². The maximum absolute atomic E-state index is 8.71. The number of nitrogens with zero attached hydrogens (tertiary/aromatic N) is 5. The molecule has 2 aromatic rings. The first-order valence-corrected chi connectivity index (χ1v) is 3.82. The molecule has 0 aliphatic carbocycles. The van der Waals surface area contributed by atoms with Crippen molar-refractivity contribution in [3.63, 3.8) is 0 Å². The van der Waals surface area contributed by atoms with Crippen LogP contribution in [0, 0.1) is 11.3 Å². The Bertz CT molecular complexity index is 477. The molecule has 0 fully saturated rings. The van der Waals surface area contributed by atoms with Crippen LogP contribution < -0.4 is 5.73 Å². The van der Waals surface area contributed by atoms with Crippen molar-refractivity contribution in [3.05, 3.63) is 30.6 Å².